The lowest BCUT2D eigenvalue weighted by Crippen LogP contribution is -2.01. The number of nitrogens with one attached hydrogen (secondary N) is 1. The largest absolute Gasteiger partial charge is 0.384 e. The third-order valence-corrected chi connectivity index (χ3v) is 1.89. The van der Waals surface area contributed by atoms with E-state index in [0.29, 0.717) is 5.02 Å². The molecule has 0 radical (unpaired) electrons. The van der Waals surface area contributed by atoms with Crippen molar-refractivity contribution in [2.24, 2.45) is 0 Å². The molecule has 0 atom stereocenters. The van der Waals surface area contributed by atoms with Crippen molar-refractivity contribution in [2.45, 2.75) is 12.8 Å². The molecule has 13 heavy (non-hydrogen) atoms. The van der Waals surface area contributed by atoms with Gasteiger partial charge in [0.15, 0.2) is 0 Å². The third-order valence-electron chi connectivity index (χ3n) is 1.59. The standard InChI is InChI=1S/C10H11ClN2/c1-2-3-4-6-13-10-5-7-12-8-9(10)11/h1,5,7-8H,3-4,6H2,(H,12,13). The van der Waals surface area contributed by atoms with Crippen LogP contribution in [0.4, 0.5) is 5.69 Å². The molecule has 0 bridgehead atoms. The number of aromatic nitrogens is 1. The molecule has 68 valence electrons. The van der Waals surface area contributed by atoms with Crippen molar-refractivity contribution >= 4 is 17.3 Å². The lowest BCUT2D eigenvalue weighted by atomic mass is 10.3. The summed E-state index contributed by atoms with van der Waals surface area (Å²) in [6.45, 7) is 0.841. The maximum absolute atomic E-state index is 5.87. The van der Waals surface area contributed by atoms with E-state index in [9.17, 15) is 0 Å². The number of halogens is 1. The summed E-state index contributed by atoms with van der Waals surface area (Å²) in [4.78, 5) is 3.89. The van der Waals surface area contributed by atoms with Gasteiger partial charge in [0.2, 0.25) is 0 Å². The Bertz CT molecular complexity index is 304. The number of pyridine rings is 1. The highest BCUT2D eigenvalue weighted by Crippen LogP contribution is 2.18. The monoisotopic (exact) mass is 194 g/mol. The van der Waals surface area contributed by atoms with Gasteiger partial charge >= 0.3 is 0 Å². The van der Waals surface area contributed by atoms with Crippen molar-refractivity contribution in [3.8, 4) is 12.3 Å². The minimum Gasteiger partial charge on any atom is -0.384 e. The van der Waals surface area contributed by atoms with Crippen molar-refractivity contribution in [3.63, 3.8) is 0 Å². The highest BCUT2D eigenvalue weighted by atomic mass is 35.5. The Labute approximate surface area is 83.3 Å². The van der Waals surface area contributed by atoms with Crippen LogP contribution in [-0.2, 0) is 0 Å². The molecule has 0 saturated carbocycles. The molecule has 0 aromatic carbocycles. The summed E-state index contributed by atoms with van der Waals surface area (Å²) in [6.07, 6.45) is 10.2. The molecule has 1 aromatic rings. The Morgan fingerprint density at radius 3 is 3.15 bits per heavy atom. The minimum absolute atomic E-state index is 0.642. The second-order valence-corrected chi connectivity index (χ2v) is 3.00. The Balaban J connectivity index is 2.37. The molecule has 2 nitrogen and oxygen atoms in total. The average molecular weight is 195 g/mol. The van der Waals surface area contributed by atoms with E-state index >= 15 is 0 Å². The number of terminal acetylenes is 1. The molecule has 1 heterocycles. The first-order valence-electron chi connectivity index (χ1n) is 4.11. The second kappa shape index (κ2) is 5.45. The van der Waals surface area contributed by atoms with Gasteiger partial charge in [0.1, 0.15) is 0 Å². The van der Waals surface area contributed by atoms with Crippen molar-refractivity contribution in [1.82, 2.24) is 4.98 Å². The van der Waals surface area contributed by atoms with Crippen molar-refractivity contribution in [3.05, 3.63) is 23.5 Å². The molecule has 0 spiro atoms. The highest BCUT2D eigenvalue weighted by Gasteiger charge is 1.96. The summed E-state index contributed by atoms with van der Waals surface area (Å²) >= 11 is 5.87. The Morgan fingerprint density at radius 1 is 1.62 bits per heavy atom. The first-order valence-corrected chi connectivity index (χ1v) is 4.49. The van der Waals surface area contributed by atoms with Crippen molar-refractivity contribution in [2.75, 3.05) is 11.9 Å². The molecule has 3 heteroatoms. The first-order chi connectivity index (χ1) is 6.34. The molecule has 1 N–H and O–H groups in total. The predicted octanol–water partition coefficient (Wildman–Crippen LogP) is 2.56. The smallest absolute Gasteiger partial charge is 0.0820 e. The van der Waals surface area contributed by atoms with Crippen LogP contribution >= 0.6 is 11.6 Å². The van der Waals surface area contributed by atoms with Crippen LogP contribution in [-0.4, -0.2) is 11.5 Å². The van der Waals surface area contributed by atoms with Crippen LogP contribution in [0.15, 0.2) is 18.5 Å². The zero-order chi connectivity index (χ0) is 9.52. The van der Waals surface area contributed by atoms with Crippen molar-refractivity contribution in [1.29, 1.82) is 0 Å². The van der Waals surface area contributed by atoms with Crippen LogP contribution in [0, 0.1) is 12.3 Å². The maximum Gasteiger partial charge on any atom is 0.0820 e. The van der Waals surface area contributed by atoms with Crippen LogP contribution in [0.5, 0.6) is 0 Å². The van der Waals surface area contributed by atoms with Gasteiger partial charge in [0.05, 0.1) is 10.7 Å². The lowest BCUT2D eigenvalue weighted by molar-refractivity contribution is 0.907. The van der Waals surface area contributed by atoms with Gasteiger partial charge in [-0.05, 0) is 12.5 Å². The van der Waals surface area contributed by atoms with E-state index in [1.54, 1.807) is 12.4 Å². The molecular formula is C10H11ClN2. The molecule has 0 aliphatic carbocycles. The van der Waals surface area contributed by atoms with Gasteiger partial charge in [0, 0.05) is 25.4 Å². The summed E-state index contributed by atoms with van der Waals surface area (Å²) in [5.41, 5.74) is 0.911. The van der Waals surface area contributed by atoms with Gasteiger partial charge < -0.3 is 5.32 Å². The van der Waals surface area contributed by atoms with Gasteiger partial charge in [-0.25, -0.2) is 0 Å². The van der Waals surface area contributed by atoms with E-state index in [0.717, 1.165) is 25.1 Å². The fourth-order valence-electron chi connectivity index (χ4n) is 0.932. The fourth-order valence-corrected chi connectivity index (χ4v) is 1.12. The van der Waals surface area contributed by atoms with Gasteiger partial charge in [-0.2, -0.15) is 0 Å². The van der Waals surface area contributed by atoms with E-state index in [1.807, 2.05) is 6.07 Å². The fraction of sp³-hybridized carbons (Fsp3) is 0.300. The minimum atomic E-state index is 0.642. The summed E-state index contributed by atoms with van der Waals surface area (Å²) < 4.78 is 0. The normalized spacial score (nSPS) is 9.23. The van der Waals surface area contributed by atoms with E-state index < -0.39 is 0 Å². The Morgan fingerprint density at radius 2 is 2.46 bits per heavy atom. The van der Waals surface area contributed by atoms with Gasteiger partial charge in [-0.15, -0.1) is 12.3 Å². The summed E-state index contributed by atoms with van der Waals surface area (Å²) in [5, 5.41) is 3.82. The van der Waals surface area contributed by atoms with E-state index in [4.69, 9.17) is 18.0 Å². The Kier molecular flexibility index (Phi) is 4.14. The number of rotatable bonds is 4. The van der Waals surface area contributed by atoms with E-state index in [1.165, 1.54) is 0 Å². The number of hydrogen-bond donors (Lipinski definition) is 1. The molecule has 1 aromatic heterocycles. The molecule has 0 aliphatic rings. The van der Waals surface area contributed by atoms with E-state index in [2.05, 4.69) is 16.2 Å². The number of anilines is 1. The second-order valence-electron chi connectivity index (χ2n) is 2.59. The van der Waals surface area contributed by atoms with Crippen LogP contribution < -0.4 is 5.32 Å². The number of unbranched alkanes of at least 4 members (excludes halogenated alkanes) is 1. The van der Waals surface area contributed by atoms with Crippen LogP contribution in [0.25, 0.3) is 0 Å². The molecule has 0 unspecified atom stereocenters. The summed E-state index contributed by atoms with van der Waals surface area (Å²) in [7, 11) is 0. The van der Waals surface area contributed by atoms with Gasteiger partial charge in [-0.1, -0.05) is 11.6 Å². The van der Waals surface area contributed by atoms with Crippen LogP contribution in [0.3, 0.4) is 0 Å². The average Bonchev–Trinajstić information content (AvgIpc) is 2.15. The summed E-state index contributed by atoms with van der Waals surface area (Å²) in [6, 6.07) is 1.85. The topological polar surface area (TPSA) is 24.9 Å². The zero-order valence-corrected chi connectivity index (χ0v) is 8.01. The molecular weight excluding hydrogens is 184 g/mol. The SMILES string of the molecule is C#CCCCNc1ccncc1Cl. The first kappa shape index (κ1) is 9.88. The third kappa shape index (κ3) is 3.35. The van der Waals surface area contributed by atoms with Crippen LogP contribution in [0.1, 0.15) is 12.8 Å². The molecule has 0 fully saturated rings. The lowest BCUT2D eigenvalue weighted by Gasteiger charge is -2.05. The molecule has 0 saturated heterocycles. The predicted molar refractivity (Wildman–Crippen MR) is 55.8 cm³/mol. The van der Waals surface area contributed by atoms with Gasteiger partial charge in [0.25, 0.3) is 0 Å². The highest BCUT2D eigenvalue weighted by molar-refractivity contribution is 6.33. The number of nitrogens with zero attached hydrogens (tertiary/aromatic N) is 1. The molecule has 0 amide bonds. The van der Waals surface area contributed by atoms with Crippen molar-refractivity contribution < 1.29 is 0 Å². The molecule has 0 aliphatic heterocycles. The summed E-state index contributed by atoms with van der Waals surface area (Å²) in [5.74, 6) is 2.58. The van der Waals surface area contributed by atoms with Crippen LogP contribution in [0.2, 0.25) is 5.02 Å². The Hall–Kier alpha value is -1.20. The zero-order valence-electron chi connectivity index (χ0n) is 7.26. The van der Waals surface area contributed by atoms with Gasteiger partial charge in [-0.3, -0.25) is 4.98 Å². The van der Waals surface area contributed by atoms with E-state index in [-0.39, 0.29) is 0 Å². The maximum atomic E-state index is 5.87. The number of hydrogen-bond acceptors (Lipinski definition) is 2. The quantitative estimate of drug-likeness (QED) is 0.589. The molecule has 1 rings (SSSR count).